The second kappa shape index (κ2) is 17.6. The molecule has 0 radical (unpaired) electrons. The summed E-state index contributed by atoms with van der Waals surface area (Å²) in [6.07, 6.45) is 19.3. The first-order valence-corrected chi connectivity index (χ1v) is 28.7. The quantitative estimate of drug-likeness (QED) is 0.111. The van der Waals surface area contributed by atoms with Gasteiger partial charge in [0, 0.05) is 0 Å². The molecule has 7 rings (SSSR count). The molecule has 4 aromatic carbocycles. The van der Waals surface area contributed by atoms with Crippen LogP contribution in [0.1, 0.15) is 126 Å². The Kier molecular flexibility index (Phi) is 13.7. The Morgan fingerprint density at radius 1 is 0.500 bits per heavy atom. The molecule has 264 valence electrons. The van der Waals surface area contributed by atoms with E-state index < -0.39 is 20.0 Å². The molecule has 3 heteroatoms. The fraction of sp³-hybridized carbons (Fsp3) is 0.404. The molecular formula is C47H58Cl2Hf. The van der Waals surface area contributed by atoms with Crippen molar-refractivity contribution in [2.45, 2.75) is 114 Å². The summed E-state index contributed by atoms with van der Waals surface area (Å²) in [5, 5.41) is 0. The van der Waals surface area contributed by atoms with Crippen LogP contribution in [0.4, 0.5) is 0 Å². The minimum atomic E-state index is -3.07. The van der Waals surface area contributed by atoms with Crippen LogP contribution in [0.5, 0.6) is 0 Å². The van der Waals surface area contributed by atoms with Gasteiger partial charge < -0.3 is 0 Å². The molecule has 1 aliphatic heterocycles. The van der Waals surface area contributed by atoms with Crippen LogP contribution in [0.2, 0.25) is 8.35 Å². The van der Waals surface area contributed by atoms with Crippen LogP contribution in [0.15, 0.2) is 96.1 Å². The number of benzene rings is 4. The van der Waals surface area contributed by atoms with Gasteiger partial charge in [-0.15, -0.1) is 24.8 Å². The van der Waals surface area contributed by atoms with E-state index in [9.17, 15) is 0 Å². The predicted molar refractivity (Wildman–Crippen MR) is 221 cm³/mol. The van der Waals surface area contributed by atoms with Gasteiger partial charge in [-0.3, -0.25) is 0 Å². The summed E-state index contributed by atoms with van der Waals surface area (Å²) in [4.78, 5) is 0. The molecule has 1 heterocycles. The van der Waals surface area contributed by atoms with Crippen molar-refractivity contribution in [2.75, 3.05) is 0 Å². The summed E-state index contributed by atoms with van der Waals surface area (Å²) in [6.45, 7) is 9.31. The van der Waals surface area contributed by atoms with Crippen LogP contribution in [0, 0.1) is 0 Å². The molecule has 1 saturated heterocycles. The Morgan fingerprint density at radius 2 is 0.920 bits per heavy atom. The van der Waals surface area contributed by atoms with Crippen molar-refractivity contribution in [2.24, 2.45) is 0 Å². The average Bonchev–Trinajstić information content (AvgIpc) is 3.66. The number of hydrogen-bond donors (Lipinski definition) is 0. The van der Waals surface area contributed by atoms with Crippen molar-refractivity contribution in [1.29, 1.82) is 0 Å². The molecule has 0 N–H and O–H groups in total. The smallest absolute Gasteiger partial charge is 0.147 e. The Morgan fingerprint density at radius 3 is 1.26 bits per heavy atom. The molecule has 3 aliphatic rings. The Labute approximate surface area is 320 Å². The van der Waals surface area contributed by atoms with E-state index >= 15 is 0 Å². The minimum absolute atomic E-state index is 0. The molecular weight excluding hydrogens is 814 g/mol. The van der Waals surface area contributed by atoms with E-state index in [2.05, 4.69) is 125 Å². The zero-order valence-corrected chi connectivity index (χ0v) is 36.1. The van der Waals surface area contributed by atoms with Crippen molar-refractivity contribution in [3.8, 4) is 22.3 Å². The molecule has 4 aromatic rings. The Bertz CT molecular complexity index is 1660. The van der Waals surface area contributed by atoms with E-state index in [1.165, 1.54) is 91.2 Å². The van der Waals surface area contributed by atoms with Gasteiger partial charge in [0.1, 0.15) is 0 Å². The van der Waals surface area contributed by atoms with Gasteiger partial charge in [0.2, 0.25) is 0 Å². The second-order valence-electron chi connectivity index (χ2n) is 15.1. The summed E-state index contributed by atoms with van der Waals surface area (Å²) in [7, 11) is 0. The normalized spacial score (nSPS) is 18.2. The first kappa shape index (κ1) is 39.0. The van der Waals surface area contributed by atoms with Crippen LogP contribution < -0.4 is 0 Å². The first-order chi connectivity index (χ1) is 23.6. The van der Waals surface area contributed by atoms with Crippen molar-refractivity contribution < 1.29 is 20.0 Å². The maximum Gasteiger partial charge on any atom is -0.147 e. The third kappa shape index (κ3) is 7.36. The average molecular weight is 872 g/mol. The van der Waals surface area contributed by atoms with Gasteiger partial charge in [0.05, 0.1) is 0 Å². The fourth-order valence-corrected chi connectivity index (χ4v) is 32.3. The summed E-state index contributed by atoms with van der Waals surface area (Å²) < 4.78 is 4.51. The van der Waals surface area contributed by atoms with Crippen molar-refractivity contribution in [3.05, 3.63) is 129 Å². The number of allylic oxidation sites excluding steroid dienone is 2. The van der Waals surface area contributed by atoms with Crippen molar-refractivity contribution in [1.82, 2.24) is 0 Å². The third-order valence-corrected chi connectivity index (χ3v) is 34.4. The fourth-order valence-electron chi connectivity index (χ4n) is 9.59. The third-order valence-electron chi connectivity index (χ3n) is 12.0. The van der Waals surface area contributed by atoms with E-state index in [0.29, 0.717) is 7.35 Å². The molecule has 2 aliphatic carbocycles. The van der Waals surface area contributed by atoms with Crippen molar-refractivity contribution >= 4 is 37.0 Å². The van der Waals surface area contributed by atoms with E-state index in [-0.39, 0.29) is 24.8 Å². The standard InChI is InChI=1S/2C22H25.C3H6.2ClH.Hf/c2*1-3-5-8-18-15-20-9-6-10-21(22(20)16-18)19-13-11-17(7-4-2)12-14-19;1-3-2;;;/h2*6,9-16H,3-5,7-8H2,1-2H3;1-3H2;2*1H;. The topological polar surface area (TPSA) is 0 Å². The molecule has 0 bridgehead atoms. The Balaban J connectivity index is 0.00000243. The van der Waals surface area contributed by atoms with Gasteiger partial charge in [-0.2, -0.15) is 0 Å². The van der Waals surface area contributed by atoms with Gasteiger partial charge in [-0.25, -0.2) is 0 Å². The second-order valence-corrected chi connectivity index (χ2v) is 31.7. The number of hydrogen-bond acceptors (Lipinski definition) is 0. The molecule has 0 amide bonds. The summed E-state index contributed by atoms with van der Waals surface area (Å²) in [5.41, 5.74) is 18.7. The zero-order chi connectivity index (χ0) is 33.1. The van der Waals surface area contributed by atoms with Gasteiger partial charge in [0.25, 0.3) is 0 Å². The summed E-state index contributed by atoms with van der Waals surface area (Å²) >= 11 is -3.07. The van der Waals surface area contributed by atoms with E-state index in [0.717, 1.165) is 12.8 Å². The Hall–Kier alpha value is -2.19. The van der Waals surface area contributed by atoms with E-state index in [1.54, 1.807) is 41.8 Å². The predicted octanol–water partition coefficient (Wildman–Crippen LogP) is 15.1. The van der Waals surface area contributed by atoms with Gasteiger partial charge in [-0.05, 0) is 0 Å². The maximum absolute atomic E-state index is 3.07. The molecule has 0 spiro atoms. The van der Waals surface area contributed by atoms with Crippen LogP contribution in [-0.4, -0.2) is 0 Å². The van der Waals surface area contributed by atoms with Gasteiger partial charge >= 0.3 is 298 Å². The molecule has 1 fully saturated rings. The number of rotatable bonds is 14. The zero-order valence-electron chi connectivity index (χ0n) is 30.9. The molecule has 2 atom stereocenters. The minimum Gasteiger partial charge on any atom is -0.147 e. The SMILES string of the molecule is CCCCC1=Cc2c(-c3ccc(CCC)cc3)cccc2[CH]1[Hf]1([CH]2C(CCCC)=Cc3c(-c4ccc(CCC)cc4)cccc32)[CH2]C[CH2]1.Cl.Cl. The molecule has 0 nitrogen and oxygen atoms in total. The van der Waals surface area contributed by atoms with E-state index in [4.69, 9.17) is 0 Å². The van der Waals surface area contributed by atoms with Crippen molar-refractivity contribution in [3.63, 3.8) is 0 Å². The maximum atomic E-state index is 2.71. The number of aryl methyl sites for hydroxylation is 2. The van der Waals surface area contributed by atoms with Crippen LogP contribution >= 0.6 is 24.8 Å². The largest absolute Gasteiger partial charge is 0.147 e. The number of fused-ring (bicyclic) bond motifs is 2. The van der Waals surface area contributed by atoms with Gasteiger partial charge in [0.15, 0.2) is 0 Å². The molecule has 50 heavy (non-hydrogen) atoms. The van der Waals surface area contributed by atoms with Gasteiger partial charge in [-0.1, -0.05) is 0 Å². The van der Waals surface area contributed by atoms with E-state index in [1.807, 2.05) is 0 Å². The molecule has 0 aromatic heterocycles. The first-order valence-electron chi connectivity index (χ1n) is 19.5. The monoisotopic (exact) mass is 872 g/mol. The van der Waals surface area contributed by atoms with Crippen LogP contribution in [0.25, 0.3) is 34.4 Å². The summed E-state index contributed by atoms with van der Waals surface area (Å²) in [5.74, 6) is 0. The number of halogens is 2. The summed E-state index contributed by atoms with van der Waals surface area (Å²) in [6, 6.07) is 33.8. The number of unbranched alkanes of at least 4 members (excludes halogenated alkanes) is 2. The van der Waals surface area contributed by atoms with Crippen LogP contribution in [-0.2, 0) is 32.8 Å². The molecule has 2 unspecified atom stereocenters. The van der Waals surface area contributed by atoms with Crippen LogP contribution in [0.3, 0.4) is 0 Å². The molecule has 0 saturated carbocycles.